The summed E-state index contributed by atoms with van der Waals surface area (Å²) in [6, 6.07) is 4.29. The van der Waals surface area contributed by atoms with Crippen molar-refractivity contribution in [1.29, 1.82) is 0 Å². The molecule has 6 heteroatoms. The number of likely N-dealkylation sites (N-methyl/N-ethyl adjacent to an activating group) is 1. The van der Waals surface area contributed by atoms with Crippen LogP contribution in [-0.2, 0) is 16.1 Å². The van der Waals surface area contributed by atoms with E-state index in [-0.39, 0.29) is 24.2 Å². The van der Waals surface area contributed by atoms with Crippen LogP contribution >= 0.6 is 0 Å². The number of rotatable bonds is 3. The Morgan fingerprint density at radius 3 is 2.74 bits per heavy atom. The lowest BCUT2D eigenvalue weighted by Gasteiger charge is -2.36. The maximum Gasteiger partial charge on any atom is 0.251 e. The first kappa shape index (κ1) is 16.3. The fraction of sp³-hybridized carbons (Fsp3) is 0.588. The van der Waals surface area contributed by atoms with Crippen LogP contribution in [-0.4, -0.2) is 54.6 Å². The molecule has 3 atom stereocenters. The first-order chi connectivity index (χ1) is 11.0. The molecule has 0 saturated carbocycles. The minimum atomic E-state index is -0.820. The van der Waals surface area contributed by atoms with E-state index in [4.69, 9.17) is 4.74 Å². The Labute approximate surface area is 135 Å². The third-order valence-corrected chi connectivity index (χ3v) is 4.75. The van der Waals surface area contributed by atoms with Crippen LogP contribution in [0.25, 0.3) is 0 Å². The van der Waals surface area contributed by atoms with Crippen molar-refractivity contribution in [1.82, 2.24) is 9.80 Å². The maximum atomic E-state index is 13.3. The third kappa shape index (κ3) is 3.38. The molecular formula is C17H22F2N2O2. The van der Waals surface area contributed by atoms with Gasteiger partial charge in [-0.3, -0.25) is 9.69 Å². The second-order valence-corrected chi connectivity index (χ2v) is 6.55. The van der Waals surface area contributed by atoms with Crippen molar-refractivity contribution >= 4 is 5.91 Å². The fourth-order valence-electron chi connectivity index (χ4n) is 3.55. The molecule has 1 aromatic rings. The molecule has 126 valence electrons. The van der Waals surface area contributed by atoms with Crippen LogP contribution in [0.3, 0.4) is 0 Å². The second kappa shape index (κ2) is 6.53. The summed E-state index contributed by atoms with van der Waals surface area (Å²) in [5.74, 6) is -1.61. The molecule has 0 radical (unpaired) electrons. The summed E-state index contributed by atoms with van der Waals surface area (Å²) in [4.78, 5) is 15.9. The number of amides is 1. The van der Waals surface area contributed by atoms with Gasteiger partial charge < -0.3 is 9.64 Å². The van der Waals surface area contributed by atoms with Crippen molar-refractivity contribution in [2.45, 2.75) is 44.1 Å². The van der Waals surface area contributed by atoms with Gasteiger partial charge in [-0.05, 0) is 37.0 Å². The number of nitrogens with zero attached hydrogens (tertiary/aromatic N) is 2. The molecule has 2 saturated heterocycles. The largest absolute Gasteiger partial charge is 0.363 e. The smallest absolute Gasteiger partial charge is 0.251 e. The van der Waals surface area contributed by atoms with E-state index in [9.17, 15) is 13.6 Å². The van der Waals surface area contributed by atoms with Crippen LogP contribution in [0.15, 0.2) is 18.2 Å². The van der Waals surface area contributed by atoms with Crippen molar-refractivity contribution in [3.8, 4) is 0 Å². The molecule has 0 aromatic heterocycles. The van der Waals surface area contributed by atoms with E-state index in [0.717, 1.165) is 24.9 Å². The molecule has 23 heavy (non-hydrogen) atoms. The number of fused-ring (bicyclic) bond motifs is 1. The molecule has 0 bridgehead atoms. The van der Waals surface area contributed by atoms with Crippen molar-refractivity contribution in [2.24, 2.45) is 0 Å². The molecule has 0 spiro atoms. The molecule has 1 amide bonds. The molecule has 0 aliphatic carbocycles. The predicted octanol–water partition coefficient (Wildman–Crippen LogP) is 2.17. The third-order valence-electron chi connectivity index (χ3n) is 4.75. The summed E-state index contributed by atoms with van der Waals surface area (Å²) in [6.07, 6.45) is 2.15. The first-order valence-electron chi connectivity index (χ1n) is 8.00. The van der Waals surface area contributed by atoms with Gasteiger partial charge in [-0.15, -0.1) is 0 Å². The van der Waals surface area contributed by atoms with Crippen LogP contribution in [0.5, 0.6) is 0 Å². The van der Waals surface area contributed by atoms with Crippen LogP contribution in [0.2, 0.25) is 0 Å². The van der Waals surface area contributed by atoms with Gasteiger partial charge in [0.15, 0.2) is 11.6 Å². The zero-order valence-corrected chi connectivity index (χ0v) is 13.5. The fourth-order valence-corrected chi connectivity index (χ4v) is 3.55. The zero-order chi connectivity index (χ0) is 16.6. The molecular weight excluding hydrogens is 302 g/mol. The van der Waals surface area contributed by atoms with Gasteiger partial charge in [0, 0.05) is 33.2 Å². The van der Waals surface area contributed by atoms with Crippen LogP contribution in [0.4, 0.5) is 8.78 Å². The van der Waals surface area contributed by atoms with Gasteiger partial charge in [-0.2, -0.15) is 0 Å². The quantitative estimate of drug-likeness (QED) is 0.854. The average molecular weight is 324 g/mol. The molecule has 2 aliphatic heterocycles. The van der Waals surface area contributed by atoms with E-state index in [1.165, 1.54) is 12.1 Å². The SMILES string of the molecule is CN(C)C(=O)[C@H]1CC[C@@H]2[C@@H](CCN2Cc2ccc(F)c(F)c2)O1. The number of carbonyl (C=O) groups is 1. The Hall–Kier alpha value is -1.53. The van der Waals surface area contributed by atoms with E-state index in [1.54, 1.807) is 25.1 Å². The van der Waals surface area contributed by atoms with Crippen molar-refractivity contribution in [2.75, 3.05) is 20.6 Å². The second-order valence-electron chi connectivity index (χ2n) is 6.55. The predicted molar refractivity (Wildman–Crippen MR) is 81.8 cm³/mol. The number of halogens is 2. The number of hydrogen-bond acceptors (Lipinski definition) is 3. The lowest BCUT2D eigenvalue weighted by Crippen LogP contribution is -2.47. The summed E-state index contributed by atoms with van der Waals surface area (Å²) in [5.41, 5.74) is 0.760. The molecule has 2 aliphatic rings. The number of likely N-dealkylation sites (tertiary alicyclic amines) is 1. The van der Waals surface area contributed by atoms with Gasteiger partial charge in [0.2, 0.25) is 0 Å². The maximum absolute atomic E-state index is 13.3. The van der Waals surface area contributed by atoms with Gasteiger partial charge in [0.05, 0.1) is 6.10 Å². The number of hydrogen-bond donors (Lipinski definition) is 0. The highest BCUT2D eigenvalue weighted by Gasteiger charge is 2.41. The van der Waals surface area contributed by atoms with E-state index in [0.29, 0.717) is 13.0 Å². The normalized spacial score (nSPS) is 27.7. The average Bonchev–Trinajstić information content (AvgIpc) is 2.92. The Morgan fingerprint density at radius 2 is 2.04 bits per heavy atom. The molecule has 0 N–H and O–H groups in total. The van der Waals surface area contributed by atoms with Gasteiger partial charge >= 0.3 is 0 Å². The van der Waals surface area contributed by atoms with Gasteiger partial charge in [0.1, 0.15) is 6.10 Å². The lowest BCUT2D eigenvalue weighted by atomic mass is 9.98. The topological polar surface area (TPSA) is 32.8 Å². The number of ether oxygens (including phenoxy) is 1. The molecule has 2 fully saturated rings. The summed E-state index contributed by atoms with van der Waals surface area (Å²) >= 11 is 0. The highest BCUT2D eigenvalue weighted by Crippen LogP contribution is 2.33. The Bertz CT molecular complexity index is 594. The summed E-state index contributed by atoms with van der Waals surface area (Å²) in [7, 11) is 3.48. The van der Waals surface area contributed by atoms with Gasteiger partial charge in [-0.25, -0.2) is 8.78 Å². The minimum absolute atomic E-state index is 0.0162. The Balaban J connectivity index is 1.63. The van der Waals surface area contributed by atoms with Crippen LogP contribution < -0.4 is 0 Å². The van der Waals surface area contributed by atoms with E-state index in [1.807, 2.05) is 0 Å². The minimum Gasteiger partial charge on any atom is -0.363 e. The van der Waals surface area contributed by atoms with Crippen LogP contribution in [0, 0.1) is 11.6 Å². The highest BCUT2D eigenvalue weighted by molar-refractivity contribution is 5.80. The summed E-state index contributed by atoms with van der Waals surface area (Å²) < 4.78 is 32.3. The van der Waals surface area contributed by atoms with E-state index >= 15 is 0 Å². The van der Waals surface area contributed by atoms with Crippen LogP contribution in [0.1, 0.15) is 24.8 Å². The Morgan fingerprint density at radius 1 is 1.26 bits per heavy atom. The zero-order valence-electron chi connectivity index (χ0n) is 13.5. The molecule has 1 aromatic carbocycles. The standard InChI is InChI=1S/C17H22F2N2O2/c1-20(2)17(22)16-6-5-14-15(23-16)7-8-21(14)10-11-3-4-12(18)13(19)9-11/h3-4,9,14-16H,5-8,10H2,1-2H3/t14-,15-,16-/m1/s1. The van der Waals surface area contributed by atoms with Gasteiger partial charge in [0.25, 0.3) is 5.91 Å². The van der Waals surface area contributed by atoms with E-state index < -0.39 is 11.6 Å². The lowest BCUT2D eigenvalue weighted by molar-refractivity contribution is -0.152. The monoisotopic (exact) mass is 324 g/mol. The molecule has 4 nitrogen and oxygen atoms in total. The first-order valence-corrected chi connectivity index (χ1v) is 8.00. The molecule has 2 heterocycles. The summed E-state index contributed by atoms with van der Waals surface area (Å²) in [5, 5.41) is 0. The Kier molecular flexibility index (Phi) is 4.64. The summed E-state index contributed by atoms with van der Waals surface area (Å²) in [6.45, 7) is 1.42. The molecule has 3 rings (SSSR count). The van der Waals surface area contributed by atoms with Crippen molar-refractivity contribution in [3.63, 3.8) is 0 Å². The van der Waals surface area contributed by atoms with Gasteiger partial charge in [-0.1, -0.05) is 6.07 Å². The number of benzene rings is 1. The van der Waals surface area contributed by atoms with E-state index in [2.05, 4.69) is 4.90 Å². The number of carbonyl (C=O) groups excluding carboxylic acids is 1. The van der Waals surface area contributed by atoms with Crippen molar-refractivity contribution in [3.05, 3.63) is 35.4 Å². The molecule has 0 unspecified atom stereocenters. The highest BCUT2D eigenvalue weighted by atomic mass is 19.2. The van der Waals surface area contributed by atoms with Crippen molar-refractivity contribution < 1.29 is 18.3 Å².